The zero-order valence-electron chi connectivity index (χ0n) is 13.0. The summed E-state index contributed by atoms with van der Waals surface area (Å²) in [5, 5.41) is 0.0784. The maximum atomic E-state index is 13.2. The van der Waals surface area contributed by atoms with Crippen molar-refractivity contribution in [3.8, 4) is 5.75 Å². The molecule has 24 heavy (non-hydrogen) atoms. The summed E-state index contributed by atoms with van der Waals surface area (Å²) in [5.41, 5.74) is 0.890. The predicted molar refractivity (Wildman–Crippen MR) is 90.9 cm³/mol. The molecular weight excluding hydrogens is 351 g/mol. The molecule has 0 fully saturated rings. The molecule has 0 saturated heterocycles. The lowest BCUT2D eigenvalue weighted by molar-refractivity contribution is 0.331. The number of rotatable bonds is 4. The van der Waals surface area contributed by atoms with Gasteiger partial charge in [0.1, 0.15) is 11.1 Å². The van der Waals surface area contributed by atoms with Crippen LogP contribution >= 0.6 is 7.60 Å². The molecular formula is C16H15O6PS. The highest BCUT2D eigenvalue weighted by Gasteiger charge is 2.42. The standard InChI is InChI=1S/C16H15O6PS/c1-20-23(17)16(12-8-4-3-5-9-12)15(22-24(2,18)19)13-10-6-7-11-14(13)21-23/h3-11H,1-2H3. The molecule has 126 valence electrons. The second-order valence-electron chi connectivity index (χ2n) is 5.10. The topological polar surface area (TPSA) is 78.9 Å². The van der Waals surface area contributed by atoms with Gasteiger partial charge >= 0.3 is 17.7 Å². The molecule has 0 aromatic heterocycles. The molecule has 0 amide bonds. The first-order valence-electron chi connectivity index (χ1n) is 6.98. The maximum absolute atomic E-state index is 13.2. The van der Waals surface area contributed by atoms with E-state index >= 15 is 0 Å². The van der Waals surface area contributed by atoms with Crippen molar-refractivity contribution in [2.24, 2.45) is 0 Å². The summed E-state index contributed by atoms with van der Waals surface area (Å²) in [6, 6.07) is 15.2. The lowest BCUT2D eigenvalue weighted by Crippen LogP contribution is -2.12. The molecule has 0 radical (unpaired) electrons. The quantitative estimate of drug-likeness (QED) is 0.606. The van der Waals surface area contributed by atoms with Gasteiger partial charge in [-0.15, -0.1) is 0 Å². The fraction of sp³-hybridized carbons (Fsp3) is 0.125. The first-order valence-corrected chi connectivity index (χ1v) is 10.3. The van der Waals surface area contributed by atoms with E-state index in [1.54, 1.807) is 54.6 Å². The van der Waals surface area contributed by atoms with Crippen molar-refractivity contribution in [2.75, 3.05) is 13.4 Å². The highest BCUT2D eigenvalue weighted by atomic mass is 32.2. The largest absolute Gasteiger partial charge is 0.420 e. The van der Waals surface area contributed by atoms with E-state index < -0.39 is 17.7 Å². The minimum Gasteiger partial charge on any atom is -0.420 e. The summed E-state index contributed by atoms with van der Waals surface area (Å²) in [6.07, 6.45) is 0.929. The Balaban J connectivity index is 2.38. The fourth-order valence-corrected chi connectivity index (χ4v) is 4.59. The molecule has 1 heterocycles. The van der Waals surface area contributed by atoms with Gasteiger partial charge < -0.3 is 8.71 Å². The van der Waals surface area contributed by atoms with Gasteiger partial charge in [-0.25, -0.2) is 4.57 Å². The number of hydrogen-bond acceptors (Lipinski definition) is 6. The van der Waals surface area contributed by atoms with Gasteiger partial charge in [0.25, 0.3) is 0 Å². The van der Waals surface area contributed by atoms with Crippen LogP contribution in [-0.2, 0) is 23.4 Å². The van der Waals surface area contributed by atoms with E-state index in [1.807, 2.05) is 0 Å². The zero-order chi connectivity index (χ0) is 17.4. The van der Waals surface area contributed by atoms with Gasteiger partial charge in [-0.3, -0.25) is 4.52 Å². The smallest absolute Gasteiger partial charge is 0.414 e. The summed E-state index contributed by atoms with van der Waals surface area (Å²) < 4.78 is 52.6. The molecule has 0 saturated carbocycles. The van der Waals surface area contributed by atoms with Crippen LogP contribution in [0.25, 0.3) is 11.1 Å². The second-order valence-corrected chi connectivity index (χ2v) is 8.66. The Bertz CT molecular complexity index is 950. The Hall–Kier alpha value is -2.08. The molecule has 0 spiro atoms. The highest BCUT2D eigenvalue weighted by Crippen LogP contribution is 2.65. The van der Waals surface area contributed by atoms with Crippen LogP contribution in [0.15, 0.2) is 54.6 Å². The third-order valence-corrected chi connectivity index (χ3v) is 5.76. The van der Waals surface area contributed by atoms with Crippen LogP contribution in [0, 0.1) is 0 Å². The fourth-order valence-electron chi connectivity index (χ4n) is 2.41. The van der Waals surface area contributed by atoms with Gasteiger partial charge in [0, 0.05) is 7.11 Å². The van der Waals surface area contributed by atoms with E-state index in [0.29, 0.717) is 11.1 Å². The Kier molecular flexibility index (Phi) is 4.25. The van der Waals surface area contributed by atoms with Crippen molar-refractivity contribution >= 4 is 28.8 Å². The molecule has 3 rings (SSSR count). The van der Waals surface area contributed by atoms with Gasteiger partial charge in [0.2, 0.25) is 0 Å². The van der Waals surface area contributed by atoms with E-state index in [9.17, 15) is 13.0 Å². The van der Waals surface area contributed by atoms with Gasteiger partial charge in [-0.2, -0.15) is 8.42 Å². The van der Waals surface area contributed by atoms with Crippen LogP contribution < -0.4 is 4.52 Å². The third kappa shape index (κ3) is 3.11. The van der Waals surface area contributed by atoms with Crippen LogP contribution in [0.5, 0.6) is 5.75 Å². The average molecular weight is 366 g/mol. The van der Waals surface area contributed by atoms with Crippen LogP contribution in [0.3, 0.4) is 0 Å². The van der Waals surface area contributed by atoms with Crippen molar-refractivity contribution < 1.29 is 26.2 Å². The third-order valence-electron chi connectivity index (χ3n) is 3.36. The van der Waals surface area contributed by atoms with Crippen molar-refractivity contribution in [2.45, 2.75) is 0 Å². The molecule has 2 aromatic carbocycles. The number of benzene rings is 2. The van der Waals surface area contributed by atoms with Crippen LogP contribution in [-0.4, -0.2) is 21.8 Å². The van der Waals surface area contributed by atoms with Crippen LogP contribution in [0.2, 0.25) is 0 Å². The summed E-state index contributed by atoms with van der Waals surface area (Å²) in [4.78, 5) is 0. The minimum absolute atomic E-state index is 0.0456. The van der Waals surface area contributed by atoms with E-state index in [2.05, 4.69) is 0 Å². The molecule has 2 aromatic rings. The van der Waals surface area contributed by atoms with Crippen LogP contribution in [0.4, 0.5) is 0 Å². The van der Waals surface area contributed by atoms with E-state index in [1.165, 1.54) is 7.11 Å². The van der Waals surface area contributed by atoms with Gasteiger partial charge in [0.05, 0.1) is 11.8 Å². The minimum atomic E-state index is -3.86. The lowest BCUT2D eigenvalue weighted by atomic mass is 10.1. The Morgan fingerprint density at radius 3 is 2.25 bits per heavy atom. The molecule has 6 nitrogen and oxygen atoms in total. The Labute approximate surface area is 140 Å². The first kappa shape index (κ1) is 16.8. The van der Waals surface area contributed by atoms with E-state index in [4.69, 9.17) is 13.2 Å². The van der Waals surface area contributed by atoms with E-state index in [0.717, 1.165) is 6.26 Å². The van der Waals surface area contributed by atoms with Crippen LogP contribution in [0.1, 0.15) is 11.1 Å². The monoisotopic (exact) mass is 366 g/mol. The van der Waals surface area contributed by atoms with Gasteiger partial charge in [0.15, 0.2) is 5.76 Å². The van der Waals surface area contributed by atoms with Crippen molar-refractivity contribution in [3.05, 3.63) is 65.7 Å². The van der Waals surface area contributed by atoms with E-state index in [-0.39, 0.29) is 16.8 Å². The Morgan fingerprint density at radius 1 is 1.00 bits per heavy atom. The molecule has 8 heteroatoms. The lowest BCUT2D eigenvalue weighted by Gasteiger charge is -2.28. The predicted octanol–water partition coefficient (Wildman–Crippen LogP) is 3.72. The first-order chi connectivity index (χ1) is 11.3. The molecule has 1 unspecified atom stereocenters. The number of para-hydroxylation sites is 1. The maximum Gasteiger partial charge on any atom is 0.414 e. The van der Waals surface area contributed by atoms with Gasteiger partial charge in [-0.05, 0) is 17.7 Å². The average Bonchev–Trinajstić information content (AvgIpc) is 2.54. The summed E-state index contributed by atoms with van der Waals surface area (Å²) in [6.45, 7) is 0. The summed E-state index contributed by atoms with van der Waals surface area (Å²) in [5.74, 6) is 0.191. The molecule has 1 atom stereocenters. The molecule has 0 bridgehead atoms. The highest BCUT2D eigenvalue weighted by molar-refractivity contribution is 7.86. The van der Waals surface area contributed by atoms with Crippen molar-refractivity contribution in [1.82, 2.24) is 0 Å². The molecule has 0 N–H and O–H groups in total. The molecule has 1 aliphatic heterocycles. The number of fused-ring (bicyclic) bond motifs is 1. The molecule has 0 aliphatic carbocycles. The van der Waals surface area contributed by atoms with Crippen molar-refractivity contribution in [1.29, 1.82) is 0 Å². The zero-order valence-corrected chi connectivity index (χ0v) is 14.7. The number of hydrogen-bond donors (Lipinski definition) is 0. The van der Waals surface area contributed by atoms with Gasteiger partial charge in [-0.1, -0.05) is 42.5 Å². The Morgan fingerprint density at radius 2 is 1.62 bits per heavy atom. The van der Waals surface area contributed by atoms with Crippen molar-refractivity contribution in [3.63, 3.8) is 0 Å². The SMILES string of the molecule is COP1(=O)Oc2ccccc2C(OS(C)(=O)=O)=C1c1ccccc1. The summed E-state index contributed by atoms with van der Waals surface area (Å²) in [7, 11) is -6.42. The second kappa shape index (κ2) is 6.09. The molecule has 1 aliphatic rings. The summed E-state index contributed by atoms with van der Waals surface area (Å²) >= 11 is 0. The normalized spacial score (nSPS) is 20.2.